The van der Waals surface area contributed by atoms with Crippen LogP contribution in [0.5, 0.6) is 46.0 Å². The van der Waals surface area contributed by atoms with Crippen LogP contribution in [0.25, 0.3) is 0 Å². The van der Waals surface area contributed by atoms with Gasteiger partial charge in [0, 0.05) is 30.7 Å². The van der Waals surface area contributed by atoms with E-state index in [-0.39, 0.29) is 18.2 Å². The second-order valence-corrected chi connectivity index (χ2v) is 13.5. The van der Waals surface area contributed by atoms with E-state index < -0.39 is 0 Å². The van der Waals surface area contributed by atoms with Crippen molar-refractivity contribution < 1.29 is 33.2 Å². The molecule has 9 nitrogen and oxygen atoms in total. The predicted molar refractivity (Wildman–Crippen MR) is 186 cm³/mol. The van der Waals surface area contributed by atoms with Crippen molar-refractivity contribution in [2.45, 2.75) is 43.9 Å². The highest BCUT2D eigenvalue weighted by Gasteiger charge is 2.36. The molecule has 3 atom stereocenters. The summed E-state index contributed by atoms with van der Waals surface area (Å²) in [7, 11) is 9.45. The van der Waals surface area contributed by atoms with Gasteiger partial charge < -0.3 is 33.2 Å². The number of hydrogen-bond acceptors (Lipinski definition) is 9. The number of fused-ring (bicyclic) bond motifs is 2. The minimum Gasteiger partial charge on any atom is -0.493 e. The molecular formula is C40H44N2O7. The Labute approximate surface area is 288 Å². The number of nitrogens with zero attached hydrogens (tertiary/aromatic N) is 2. The SMILES string of the molecule is COc1ccc2cc1Oc1ccc(cc1)CC1c3cc(c(OC)cc3CCN1C)Oc1c(OCC3CO3)c(OC)cc3c1C(C2)N(C)CC3. The van der Waals surface area contributed by atoms with E-state index in [9.17, 15) is 0 Å². The van der Waals surface area contributed by atoms with E-state index in [1.807, 2.05) is 6.07 Å². The van der Waals surface area contributed by atoms with Crippen LogP contribution in [0.15, 0.2) is 60.7 Å². The Bertz CT molecular complexity index is 1860. The van der Waals surface area contributed by atoms with Crippen molar-refractivity contribution in [3.05, 3.63) is 94.0 Å². The summed E-state index contributed by atoms with van der Waals surface area (Å²) in [6.07, 6.45) is 3.40. The molecule has 4 aromatic rings. The van der Waals surface area contributed by atoms with Gasteiger partial charge in [-0.1, -0.05) is 18.2 Å². The highest BCUT2D eigenvalue weighted by molar-refractivity contribution is 5.64. The fourth-order valence-corrected chi connectivity index (χ4v) is 7.56. The Hall–Kier alpha value is -4.44. The van der Waals surface area contributed by atoms with Crippen LogP contribution in [0.1, 0.15) is 45.5 Å². The Kier molecular flexibility index (Phi) is 8.51. The average Bonchev–Trinajstić information content (AvgIpc) is 3.95. The number of methoxy groups -OCH3 is 3. The minimum absolute atomic E-state index is 0.0221. The molecule has 49 heavy (non-hydrogen) atoms. The third-order valence-corrected chi connectivity index (χ3v) is 10.5. The molecule has 5 aliphatic heterocycles. The lowest BCUT2D eigenvalue weighted by molar-refractivity contribution is 0.214. The van der Waals surface area contributed by atoms with Crippen molar-refractivity contribution in [1.82, 2.24) is 9.80 Å². The van der Waals surface area contributed by atoms with Gasteiger partial charge in [-0.25, -0.2) is 0 Å². The summed E-state index contributed by atoms with van der Waals surface area (Å²) in [6, 6.07) is 21.2. The predicted octanol–water partition coefficient (Wildman–Crippen LogP) is 6.93. The van der Waals surface area contributed by atoms with Crippen molar-refractivity contribution in [1.29, 1.82) is 0 Å². The van der Waals surface area contributed by atoms with Gasteiger partial charge in [-0.05, 0) is 110 Å². The second kappa shape index (κ2) is 13.1. The van der Waals surface area contributed by atoms with Gasteiger partial charge in [-0.15, -0.1) is 0 Å². The lowest BCUT2D eigenvalue weighted by Crippen LogP contribution is -2.34. The normalized spacial score (nSPS) is 21.4. The van der Waals surface area contributed by atoms with Crippen LogP contribution < -0.4 is 28.4 Å². The Morgan fingerprint density at radius 3 is 2.08 bits per heavy atom. The fraction of sp³-hybridized carbons (Fsp3) is 0.400. The first kappa shape index (κ1) is 31.8. The zero-order chi connectivity index (χ0) is 33.6. The van der Waals surface area contributed by atoms with Crippen molar-refractivity contribution in [2.75, 3.05) is 61.7 Å². The van der Waals surface area contributed by atoms with Crippen LogP contribution in [-0.4, -0.2) is 77.6 Å². The molecule has 0 spiro atoms. The summed E-state index contributed by atoms with van der Waals surface area (Å²) in [6.45, 7) is 2.94. The van der Waals surface area contributed by atoms with E-state index >= 15 is 0 Å². The number of hydrogen-bond donors (Lipinski definition) is 0. The highest BCUT2D eigenvalue weighted by Crippen LogP contribution is 2.52. The highest BCUT2D eigenvalue weighted by atomic mass is 16.6. The third-order valence-electron chi connectivity index (χ3n) is 10.5. The molecule has 0 N–H and O–H groups in total. The molecule has 1 saturated heterocycles. The van der Waals surface area contributed by atoms with Crippen LogP contribution in [0, 0.1) is 0 Å². The number of epoxide rings is 1. The molecular weight excluding hydrogens is 620 g/mol. The van der Waals surface area contributed by atoms with Crippen LogP contribution in [0.2, 0.25) is 0 Å². The van der Waals surface area contributed by atoms with Gasteiger partial charge in [0.05, 0.1) is 27.9 Å². The molecule has 9 heteroatoms. The van der Waals surface area contributed by atoms with Gasteiger partial charge in [0.2, 0.25) is 5.75 Å². The molecule has 6 bridgehead atoms. The Morgan fingerprint density at radius 1 is 0.694 bits per heavy atom. The number of benzene rings is 4. The first-order chi connectivity index (χ1) is 23.9. The summed E-state index contributed by atoms with van der Waals surface area (Å²) in [5.74, 6) is 5.40. The summed E-state index contributed by atoms with van der Waals surface area (Å²) in [4.78, 5) is 4.83. The minimum atomic E-state index is -0.0221. The van der Waals surface area contributed by atoms with Crippen molar-refractivity contribution in [2.24, 2.45) is 0 Å². The van der Waals surface area contributed by atoms with E-state index in [1.54, 1.807) is 21.3 Å². The van der Waals surface area contributed by atoms with Crippen LogP contribution in [-0.2, 0) is 30.4 Å². The fourth-order valence-electron chi connectivity index (χ4n) is 7.56. The topological polar surface area (TPSA) is 74.4 Å². The van der Waals surface area contributed by atoms with Crippen LogP contribution in [0.3, 0.4) is 0 Å². The maximum absolute atomic E-state index is 7.15. The van der Waals surface area contributed by atoms with Gasteiger partial charge in [-0.3, -0.25) is 9.80 Å². The molecule has 0 aliphatic carbocycles. The first-order valence-corrected chi connectivity index (χ1v) is 17.1. The second-order valence-electron chi connectivity index (χ2n) is 13.5. The summed E-state index contributed by atoms with van der Waals surface area (Å²) < 4.78 is 43.5. The lowest BCUT2D eigenvalue weighted by Gasteiger charge is -2.37. The van der Waals surface area contributed by atoms with Crippen LogP contribution in [0.4, 0.5) is 0 Å². The van der Waals surface area contributed by atoms with E-state index in [0.29, 0.717) is 59.9 Å². The Morgan fingerprint density at radius 2 is 1.35 bits per heavy atom. The summed E-state index contributed by atoms with van der Waals surface area (Å²) >= 11 is 0. The van der Waals surface area contributed by atoms with Gasteiger partial charge >= 0.3 is 0 Å². The summed E-state index contributed by atoms with van der Waals surface area (Å²) in [5, 5.41) is 0. The van der Waals surface area contributed by atoms with E-state index in [4.69, 9.17) is 33.2 Å². The van der Waals surface area contributed by atoms with Crippen molar-refractivity contribution >= 4 is 0 Å². The van der Waals surface area contributed by atoms with E-state index in [2.05, 4.69) is 78.5 Å². The molecule has 9 rings (SSSR count). The maximum Gasteiger partial charge on any atom is 0.204 e. The first-order valence-electron chi connectivity index (χ1n) is 17.1. The molecule has 1 fully saturated rings. The molecule has 0 radical (unpaired) electrons. The molecule has 0 aromatic heterocycles. The molecule has 5 heterocycles. The lowest BCUT2D eigenvalue weighted by atomic mass is 9.87. The quantitative estimate of drug-likeness (QED) is 0.204. The van der Waals surface area contributed by atoms with Crippen molar-refractivity contribution in [3.63, 3.8) is 0 Å². The third kappa shape index (κ3) is 6.16. The average molecular weight is 665 g/mol. The van der Waals surface area contributed by atoms with E-state index in [1.165, 1.54) is 22.3 Å². The smallest absolute Gasteiger partial charge is 0.204 e. The number of likely N-dealkylation sites (N-methyl/N-ethyl adjacent to an activating group) is 2. The standard InChI is InChI=1S/C40H44N2O7/c1-41-14-12-26-19-34(44-4)36-21-30(26)31(41)16-24-6-9-28(10-7-24)48-35-18-25(8-11-33(35)43-3)17-32-38-27(13-15-42(32)2)20-37(45-5)39(40(38)49-36)47-23-29-22-46-29/h6-11,18-21,29,31-32H,12-17,22-23H2,1-5H3. The van der Waals surface area contributed by atoms with Crippen LogP contribution >= 0.6 is 0 Å². The molecule has 5 aliphatic rings. The number of rotatable bonds is 6. The molecule has 0 saturated carbocycles. The van der Waals surface area contributed by atoms with Gasteiger partial charge in [0.25, 0.3) is 0 Å². The van der Waals surface area contributed by atoms with E-state index in [0.717, 1.165) is 49.2 Å². The monoisotopic (exact) mass is 664 g/mol. The maximum atomic E-state index is 7.15. The molecule has 4 aromatic carbocycles. The van der Waals surface area contributed by atoms with Gasteiger partial charge in [-0.2, -0.15) is 0 Å². The zero-order valence-electron chi connectivity index (χ0n) is 28.9. The van der Waals surface area contributed by atoms with Crippen molar-refractivity contribution in [3.8, 4) is 46.0 Å². The largest absolute Gasteiger partial charge is 0.493 e. The summed E-state index contributed by atoms with van der Waals surface area (Å²) in [5.41, 5.74) is 7.13. The Balaban J connectivity index is 1.35. The number of ether oxygens (including phenoxy) is 7. The van der Waals surface area contributed by atoms with Gasteiger partial charge in [0.15, 0.2) is 34.5 Å². The molecule has 3 unspecified atom stereocenters. The molecule has 0 amide bonds. The van der Waals surface area contributed by atoms with Gasteiger partial charge in [0.1, 0.15) is 18.5 Å². The zero-order valence-corrected chi connectivity index (χ0v) is 28.9. The molecule has 256 valence electrons.